The van der Waals surface area contributed by atoms with Gasteiger partial charge in [-0.15, -0.1) is 0 Å². The topological polar surface area (TPSA) is 179 Å². The molecule has 216 valence electrons. The number of hydrogen-bond acceptors (Lipinski definition) is 10. The van der Waals surface area contributed by atoms with Gasteiger partial charge in [0.05, 0.1) is 29.5 Å². The first kappa shape index (κ1) is 28.6. The minimum absolute atomic E-state index is 0.134. The molecule has 11 nitrogen and oxygen atoms in total. The first-order chi connectivity index (χ1) is 19.2. The zero-order valence-corrected chi connectivity index (χ0v) is 23.4. The number of phenols is 1. The Morgan fingerprint density at radius 2 is 1.56 bits per heavy atom. The summed E-state index contributed by atoms with van der Waals surface area (Å²) in [6, 6.07) is 9.08. The summed E-state index contributed by atoms with van der Waals surface area (Å²) in [7, 11) is 6.71. The number of carbonyl (C=O) groups excluding carboxylic acids is 5. The van der Waals surface area contributed by atoms with Crippen LogP contribution in [0.5, 0.6) is 5.75 Å². The van der Waals surface area contributed by atoms with Gasteiger partial charge in [0, 0.05) is 25.7 Å². The van der Waals surface area contributed by atoms with Gasteiger partial charge < -0.3 is 26.0 Å². The van der Waals surface area contributed by atoms with Gasteiger partial charge in [-0.05, 0) is 54.9 Å². The van der Waals surface area contributed by atoms with Crippen molar-refractivity contribution in [3.05, 3.63) is 47.5 Å². The molecule has 0 bridgehead atoms. The van der Waals surface area contributed by atoms with Gasteiger partial charge in [-0.1, -0.05) is 25.1 Å². The van der Waals surface area contributed by atoms with E-state index in [-0.39, 0.29) is 11.3 Å². The summed E-state index contributed by atoms with van der Waals surface area (Å²) in [5.41, 5.74) is 4.88. The molecular formula is C30H33N3O8. The molecule has 5 rings (SSSR count). The van der Waals surface area contributed by atoms with Crippen LogP contribution in [0.1, 0.15) is 28.8 Å². The maximum atomic E-state index is 14.1. The molecule has 8 unspecified atom stereocenters. The Balaban J connectivity index is 1.72. The number of carbonyl (C=O) groups is 5. The molecule has 8 atom stereocenters. The second-order valence-corrected chi connectivity index (χ2v) is 11.7. The lowest BCUT2D eigenvalue weighted by molar-refractivity contribution is -0.196. The van der Waals surface area contributed by atoms with Gasteiger partial charge in [-0.3, -0.25) is 28.9 Å². The van der Waals surface area contributed by atoms with Gasteiger partial charge in [0.25, 0.3) is 0 Å². The smallest absolute Gasteiger partial charge is 0.235 e. The summed E-state index contributed by atoms with van der Waals surface area (Å²) < 4.78 is 0. The van der Waals surface area contributed by atoms with Crippen molar-refractivity contribution >= 4 is 34.7 Å². The molecule has 0 aromatic heterocycles. The van der Waals surface area contributed by atoms with E-state index < -0.39 is 76.4 Å². The second-order valence-electron chi connectivity index (χ2n) is 11.7. The van der Waals surface area contributed by atoms with Crippen molar-refractivity contribution in [2.24, 2.45) is 29.4 Å². The number of Topliss-reactive ketones (excluding diaryl/α,β-unsaturated/α-hetero) is 4. The van der Waals surface area contributed by atoms with E-state index in [9.17, 15) is 39.3 Å². The van der Waals surface area contributed by atoms with Gasteiger partial charge in [0.1, 0.15) is 5.75 Å². The van der Waals surface area contributed by atoms with Crippen LogP contribution >= 0.6 is 0 Å². The second kappa shape index (κ2) is 9.57. The van der Waals surface area contributed by atoms with Crippen molar-refractivity contribution in [1.29, 1.82) is 0 Å². The highest BCUT2D eigenvalue weighted by Crippen LogP contribution is 2.55. The van der Waals surface area contributed by atoms with Gasteiger partial charge in [-0.2, -0.15) is 0 Å². The molecule has 0 spiro atoms. The van der Waals surface area contributed by atoms with Crippen LogP contribution in [0.2, 0.25) is 0 Å². The zero-order valence-electron chi connectivity index (χ0n) is 23.4. The molecule has 3 aliphatic rings. The van der Waals surface area contributed by atoms with Gasteiger partial charge in [0.2, 0.25) is 5.91 Å². The summed E-state index contributed by atoms with van der Waals surface area (Å²) >= 11 is 0. The van der Waals surface area contributed by atoms with Crippen LogP contribution < -0.4 is 10.6 Å². The van der Waals surface area contributed by atoms with Crippen molar-refractivity contribution in [2.75, 3.05) is 33.1 Å². The number of aliphatic hydroxyl groups is 2. The number of primary amides is 1. The number of hydrogen-bond donors (Lipinski definition) is 4. The lowest BCUT2D eigenvalue weighted by Gasteiger charge is -2.56. The van der Waals surface area contributed by atoms with Gasteiger partial charge in [0.15, 0.2) is 34.7 Å². The predicted molar refractivity (Wildman–Crippen MR) is 147 cm³/mol. The average molecular weight is 564 g/mol. The van der Waals surface area contributed by atoms with Crippen LogP contribution in [0.15, 0.2) is 36.4 Å². The number of amides is 1. The fourth-order valence-corrected chi connectivity index (χ4v) is 7.26. The molecule has 5 N–H and O–H groups in total. The van der Waals surface area contributed by atoms with Crippen molar-refractivity contribution in [1.82, 2.24) is 4.90 Å². The monoisotopic (exact) mass is 563 g/mol. The van der Waals surface area contributed by atoms with Crippen LogP contribution in [0.4, 0.5) is 5.69 Å². The SMILES string of the molecule is CC1c2c(-c3ccc(N(C)C)cc3)ccc(O)c2C(=O)C2C(=O)C3(O)C(=O)C(C(N)=O)C(=O)C(N(C)C)C3C(O)C21. The van der Waals surface area contributed by atoms with Crippen molar-refractivity contribution in [3.63, 3.8) is 0 Å². The molecular weight excluding hydrogens is 530 g/mol. The van der Waals surface area contributed by atoms with Gasteiger partial charge >= 0.3 is 0 Å². The van der Waals surface area contributed by atoms with E-state index in [1.807, 2.05) is 43.3 Å². The molecule has 2 aromatic carbocycles. The number of ketones is 4. The quantitative estimate of drug-likeness (QED) is 0.374. The number of rotatable bonds is 4. The standard InChI is InChI=1S/C30H33N3O8/c1-12-17-15(13-6-8-14(9-7-13)32(2)3)10-11-16(34)19(17)24(35)20-18(12)25(36)22-23(33(4)5)26(37)21(29(31)40)28(39)30(22,41)27(20)38/h6-12,18,20-23,25,34,36,41H,1-5H3,(H2,31,40). The minimum atomic E-state index is -3.02. The highest BCUT2D eigenvalue weighted by Gasteiger charge is 2.73. The summed E-state index contributed by atoms with van der Waals surface area (Å²) in [6.07, 6.45) is -1.68. The molecule has 0 radical (unpaired) electrons. The third kappa shape index (κ3) is 3.79. The summed E-state index contributed by atoms with van der Waals surface area (Å²) in [5.74, 6) is -13.5. The van der Waals surface area contributed by atoms with Crippen LogP contribution in [0.3, 0.4) is 0 Å². The fourth-order valence-electron chi connectivity index (χ4n) is 7.26. The summed E-state index contributed by atoms with van der Waals surface area (Å²) in [6.45, 7) is 1.70. The number of aliphatic hydroxyl groups excluding tert-OH is 1. The summed E-state index contributed by atoms with van der Waals surface area (Å²) in [4.78, 5) is 70.3. The molecule has 41 heavy (non-hydrogen) atoms. The Labute approximate surface area is 236 Å². The van der Waals surface area contributed by atoms with Crippen LogP contribution in [0, 0.1) is 23.7 Å². The predicted octanol–water partition coefficient (Wildman–Crippen LogP) is 0.132. The maximum absolute atomic E-state index is 14.1. The lowest BCUT2D eigenvalue weighted by atomic mass is 9.49. The summed E-state index contributed by atoms with van der Waals surface area (Å²) in [5, 5.41) is 34.4. The molecule has 2 saturated carbocycles. The average Bonchev–Trinajstić information content (AvgIpc) is 2.90. The normalized spacial score (nSPS) is 32.8. The molecule has 1 amide bonds. The van der Waals surface area contributed by atoms with Crippen LogP contribution in [-0.4, -0.2) is 95.2 Å². The Bertz CT molecular complexity index is 1500. The highest BCUT2D eigenvalue weighted by molar-refractivity contribution is 6.32. The van der Waals surface area contributed by atoms with Crippen LogP contribution in [0.25, 0.3) is 11.1 Å². The van der Waals surface area contributed by atoms with E-state index >= 15 is 0 Å². The van der Waals surface area contributed by atoms with E-state index in [0.29, 0.717) is 11.1 Å². The van der Waals surface area contributed by atoms with E-state index in [1.54, 1.807) is 13.0 Å². The molecule has 2 aromatic rings. The van der Waals surface area contributed by atoms with E-state index in [1.165, 1.54) is 25.1 Å². The zero-order chi connectivity index (χ0) is 30.3. The molecule has 11 heteroatoms. The molecule has 3 aliphatic carbocycles. The first-order valence-corrected chi connectivity index (χ1v) is 13.3. The minimum Gasteiger partial charge on any atom is -0.507 e. The number of likely N-dealkylation sites (N-methyl/N-ethyl adjacent to an activating group) is 1. The Hall–Kier alpha value is -3.93. The fraction of sp³-hybridized carbons (Fsp3) is 0.433. The van der Waals surface area contributed by atoms with Gasteiger partial charge in [-0.25, -0.2) is 0 Å². The highest BCUT2D eigenvalue weighted by atomic mass is 16.3. The third-order valence-corrected chi connectivity index (χ3v) is 9.16. The van der Waals surface area contributed by atoms with Crippen LogP contribution in [-0.2, 0) is 19.2 Å². The number of benzene rings is 2. The molecule has 0 heterocycles. The molecule has 0 saturated heterocycles. The maximum Gasteiger partial charge on any atom is 0.235 e. The molecule has 2 fully saturated rings. The van der Waals surface area contributed by atoms with Crippen molar-refractivity contribution in [2.45, 2.75) is 30.6 Å². The lowest BCUT2D eigenvalue weighted by Crippen LogP contribution is -2.77. The van der Waals surface area contributed by atoms with Crippen molar-refractivity contribution < 1.29 is 39.3 Å². The number of aromatic hydroxyl groups is 1. The van der Waals surface area contributed by atoms with E-state index in [2.05, 4.69) is 0 Å². The first-order valence-electron chi connectivity index (χ1n) is 13.3. The Morgan fingerprint density at radius 3 is 2.10 bits per heavy atom. The largest absolute Gasteiger partial charge is 0.507 e. The number of nitrogens with zero attached hydrogens (tertiary/aromatic N) is 2. The Kier molecular flexibility index (Phi) is 6.68. The number of fused-ring (bicyclic) bond motifs is 3. The number of anilines is 1. The number of nitrogens with two attached hydrogens (primary N) is 1. The van der Waals surface area contributed by atoms with Crippen molar-refractivity contribution in [3.8, 4) is 16.9 Å². The number of phenolic OH excluding ortho intramolecular Hbond substituents is 1. The molecule has 0 aliphatic heterocycles. The third-order valence-electron chi connectivity index (χ3n) is 9.16. The Morgan fingerprint density at radius 1 is 0.951 bits per heavy atom. The van der Waals surface area contributed by atoms with E-state index in [0.717, 1.165) is 11.3 Å². The van der Waals surface area contributed by atoms with E-state index in [4.69, 9.17) is 5.73 Å².